The molecule has 1 aliphatic rings. The van der Waals surface area contributed by atoms with Crippen molar-refractivity contribution in [2.45, 2.75) is 0 Å². The Labute approximate surface area is 58.6 Å². The van der Waals surface area contributed by atoms with Crippen molar-refractivity contribution in [3.05, 3.63) is 0 Å². The topological polar surface area (TPSA) is 53.9 Å². The van der Waals surface area contributed by atoms with Crippen molar-refractivity contribution in [1.29, 1.82) is 0 Å². The molecule has 10 heavy (non-hydrogen) atoms. The van der Waals surface area contributed by atoms with Gasteiger partial charge in [-0.05, 0) is 0 Å². The first-order valence-electron chi connectivity index (χ1n) is 2.92. The fourth-order valence-electron chi connectivity index (χ4n) is 0.547. The van der Waals surface area contributed by atoms with Crippen LogP contribution >= 0.6 is 0 Å². The Hall–Kier alpha value is -1.10. The smallest absolute Gasteiger partial charge is 0.339 e. The number of hydrogen-bond donors (Lipinski definition) is 1. The summed E-state index contributed by atoms with van der Waals surface area (Å²) in [6, 6.07) is -0.254. The summed E-state index contributed by atoms with van der Waals surface area (Å²) in [5, 5.41) is 7.45. The van der Waals surface area contributed by atoms with Crippen molar-refractivity contribution >= 4 is 12.2 Å². The summed E-state index contributed by atoms with van der Waals surface area (Å²) in [4.78, 5) is 10.8. The molecule has 0 saturated carbocycles. The highest BCUT2D eigenvalue weighted by Crippen LogP contribution is 1.86. The monoisotopic (exact) mass is 143 g/mol. The number of rotatable bonds is 0. The molecule has 0 atom stereocenters. The third-order valence-corrected chi connectivity index (χ3v) is 1.07. The summed E-state index contributed by atoms with van der Waals surface area (Å²) >= 11 is 0. The van der Waals surface area contributed by atoms with Crippen LogP contribution in [0.25, 0.3) is 0 Å². The minimum absolute atomic E-state index is 0.245. The van der Waals surface area contributed by atoms with E-state index in [2.05, 4.69) is 10.4 Å². The highest BCUT2D eigenvalue weighted by molar-refractivity contribution is 5.75. The molecule has 1 aliphatic heterocycles. The van der Waals surface area contributed by atoms with Gasteiger partial charge in [-0.3, -0.25) is 0 Å². The van der Waals surface area contributed by atoms with Crippen LogP contribution in [0.5, 0.6) is 0 Å². The largest absolute Gasteiger partial charge is 0.355 e. The molecule has 0 radical (unpaired) electrons. The van der Waals surface area contributed by atoms with Crippen LogP contribution in [0.15, 0.2) is 5.10 Å². The van der Waals surface area contributed by atoms with Crippen molar-refractivity contribution < 1.29 is 9.53 Å². The van der Waals surface area contributed by atoms with Crippen LogP contribution in [0.1, 0.15) is 0 Å². The summed E-state index contributed by atoms with van der Waals surface area (Å²) in [6.07, 6.45) is 1.54. The summed E-state index contributed by atoms with van der Waals surface area (Å²) in [5.41, 5.74) is 0. The first-order valence-corrected chi connectivity index (χ1v) is 2.92. The zero-order chi connectivity index (χ0) is 7.40. The van der Waals surface area contributed by atoms with Gasteiger partial charge in [0.2, 0.25) is 0 Å². The molecule has 0 fully saturated rings. The molecule has 2 amide bonds. The van der Waals surface area contributed by atoms with Gasteiger partial charge in [0, 0.05) is 7.05 Å². The van der Waals surface area contributed by atoms with Crippen LogP contribution in [0.2, 0.25) is 0 Å². The molecule has 0 unspecified atom stereocenters. The Balaban J connectivity index is 2.53. The van der Waals surface area contributed by atoms with Gasteiger partial charge in [-0.15, -0.1) is 0 Å². The third-order valence-electron chi connectivity index (χ3n) is 1.07. The quantitative estimate of drug-likeness (QED) is 0.501. The normalized spacial score (nSPS) is 19.7. The minimum atomic E-state index is -0.254. The number of nitrogens with one attached hydrogen (secondary N) is 1. The molecule has 0 bridgehead atoms. The van der Waals surface area contributed by atoms with Gasteiger partial charge in [-0.2, -0.15) is 5.10 Å². The van der Waals surface area contributed by atoms with E-state index in [0.717, 1.165) is 0 Å². The number of nitrogens with zero attached hydrogens (tertiary/aromatic N) is 2. The average molecular weight is 143 g/mol. The average Bonchev–Trinajstić information content (AvgIpc) is 1.92. The number of carbonyl (C=O) groups excluding carboxylic acids is 1. The molecule has 56 valence electrons. The van der Waals surface area contributed by atoms with Crippen LogP contribution in [0, 0.1) is 0 Å². The predicted molar refractivity (Wildman–Crippen MR) is 35.6 cm³/mol. The zero-order valence-electron chi connectivity index (χ0n) is 5.70. The summed E-state index contributed by atoms with van der Waals surface area (Å²) in [5.74, 6) is 0. The number of ether oxygens (including phenoxy) is 1. The lowest BCUT2D eigenvalue weighted by atomic mass is 10.7. The maximum atomic E-state index is 10.8. The zero-order valence-corrected chi connectivity index (χ0v) is 5.70. The van der Waals surface area contributed by atoms with E-state index in [4.69, 9.17) is 4.74 Å². The van der Waals surface area contributed by atoms with Crippen molar-refractivity contribution in [2.75, 3.05) is 20.4 Å². The molecule has 1 heterocycles. The lowest BCUT2D eigenvalue weighted by Gasteiger charge is -2.14. The van der Waals surface area contributed by atoms with E-state index in [0.29, 0.717) is 6.61 Å². The van der Waals surface area contributed by atoms with Crippen molar-refractivity contribution in [3.63, 3.8) is 0 Å². The molecular formula is C5H9N3O2. The fraction of sp³-hybridized carbons (Fsp3) is 0.600. The van der Waals surface area contributed by atoms with Crippen LogP contribution < -0.4 is 5.32 Å². The molecule has 5 nitrogen and oxygen atoms in total. The molecule has 0 aliphatic carbocycles. The van der Waals surface area contributed by atoms with Crippen molar-refractivity contribution in [2.24, 2.45) is 5.10 Å². The van der Waals surface area contributed by atoms with E-state index in [9.17, 15) is 4.79 Å². The fourth-order valence-corrected chi connectivity index (χ4v) is 0.547. The van der Waals surface area contributed by atoms with Gasteiger partial charge in [-0.1, -0.05) is 0 Å². The lowest BCUT2D eigenvalue weighted by molar-refractivity contribution is 0.137. The van der Waals surface area contributed by atoms with E-state index in [1.54, 1.807) is 13.3 Å². The summed E-state index contributed by atoms with van der Waals surface area (Å²) in [7, 11) is 1.58. The van der Waals surface area contributed by atoms with Gasteiger partial charge >= 0.3 is 6.03 Å². The molecule has 5 heteroatoms. The van der Waals surface area contributed by atoms with E-state index >= 15 is 0 Å². The molecule has 0 aromatic carbocycles. The number of amides is 2. The Kier molecular flexibility index (Phi) is 2.22. The highest BCUT2D eigenvalue weighted by Gasteiger charge is 2.05. The van der Waals surface area contributed by atoms with E-state index < -0.39 is 0 Å². The second-order valence-electron chi connectivity index (χ2n) is 1.82. The van der Waals surface area contributed by atoms with Crippen molar-refractivity contribution in [3.8, 4) is 0 Å². The standard InChI is InChI=1S/C5H9N3O2/c1-8-5(9)6-4-10-3-2-7-8/h2H,3-4H2,1H3,(H,6,9). The van der Waals surface area contributed by atoms with E-state index in [1.807, 2.05) is 0 Å². The first-order chi connectivity index (χ1) is 4.80. The molecular weight excluding hydrogens is 134 g/mol. The van der Waals surface area contributed by atoms with Gasteiger partial charge in [0.25, 0.3) is 0 Å². The Morgan fingerprint density at radius 3 is 3.50 bits per heavy atom. The molecule has 1 N–H and O–H groups in total. The minimum Gasteiger partial charge on any atom is -0.355 e. The van der Waals surface area contributed by atoms with Crippen molar-refractivity contribution in [1.82, 2.24) is 10.3 Å². The predicted octanol–water partition coefficient (Wildman–Crippen LogP) is -0.399. The first kappa shape index (κ1) is 7.01. The Morgan fingerprint density at radius 1 is 1.90 bits per heavy atom. The van der Waals surface area contributed by atoms with Gasteiger partial charge in [0.15, 0.2) is 0 Å². The molecule has 0 aromatic rings. The SMILES string of the molecule is CN1N=CCOCNC1=O. The molecule has 0 saturated heterocycles. The van der Waals surface area contributed by atoms with E-state index in [-0.39, 0.29) is 12.8 Å². The van der Waals surface area contributed by atoms with Crippen LogP contribution in [0.3, 0.4) is 0 Å². The highest BCUT2D eigenvalue weighted by atomic mass is 16.5. The number of hydrazone groups is 1. The second-order valence-corrected chi connectivity index (χ2v) is 1.82. The number of urea groups is 1. The molecule has 0 aromatic heterocycles. The maximum absolute atomic E-state index is 10.8. The lowest BCUT2D eigenvalue weighted by Crippen LogP contribution is -2.37. The van der Waals surface area contributed by atoms with Crippen LogP contribution in [-0.4, -0.2) is 37.6 Å². The van der Waals surface area contributed by atoms with Gasteiger partial charge < -0.3 is 10.1 Å². The third kappa shape index (κ3) is 1.70. The van der Waals surface area contributed by atoms with Crippen LogP contribution in [-0.2, 0) is 4.74 Å². The Bertz CT molecular complexity index is 157. The molecule has 0 spiro atoms. The maximum Gasteiger partial charge on any atom is 0.339 e. The van der Waals surface area contributed by atoms with Gasteiger partial charge in [-0.25, -0.2) is 9.80 Å². The number of hydrogen-bond acceptors (Lipinski definition) is 3. The summed E-state index contributed by atoms with van der Waals surface area (Å²) in [6.45, 7) is 0.680. The van der Waals surface area contributed by atoms with Gasteiger partial charge in [0.1, 0.15) is 6.73 Å². The molecule has 1 rings (SSSR count). The van der Waals surface area contributed by atoms with E-state index in [1.165, 1.54) is 5.01 Å². The number of carbonyl (C=O) groups is 1. The van der Waals surface area contributed by atoms with Gasteiger partial charge in [0.05, 0.1) is 12.8 Å². The van der Waals surface area contributed by atoms with Crippen LogP contribution in [0.4, 0.5) is 4.79 Å². The second kappa shape index (κ2) is 3.17. The summed E-state index contributed by atoms with van der Waals surface area (Å²) < 4.78 is 4.89. The Morgan fingerprint density at radius 2 is 2.70 bits per heavy atom.